The quantitative estimate of drug-likeness (QED) is 0.924. The zero-order valence-electron chi connectivity index (χ0n) is 10.6. The predicted molar refractivity (Wildman–Crippen MR) is 77.8 cm³/mol. The molecule has 18 heavy (non-hydrogen) atoms. The Morgan fingerprint density at radius 3 is 3.11 bits per heavy atom. The largest absolute Gasteiger partial charge is 0.331 e. The van der Waals surface area contributed by atoms with Crippen molar-refractivity contribution in [3.8, 4) is 0 Å². The molecule has 1 aliphatic heterocycles. The van der Waals surface area contributed by atoms with Crippen LogP contribution in [0.4, 0.5) is 0 Å². The number of nitrogens with zero attached hydrogens (tertiary/aromatic N) is 2. The van der Waals surface area contributed by atoms with Gasteiger partial charge in [-0.15, -0.1) is 0 Å². The van der Waals surface area contributed by atoms with Gasteiger partial charge in [-0.1, -0.05) is 22.4 Å². The number of imidazole rings is 1. The number of aryl methyl sites for hydroxylation is 1. The monoisotopic (exact) mass is 307 g/mol. The molecule has 0 saturated carbocycles. The van der Waals surface area contributed by atoms with Crippen molar-refractivity contribution < 1.29 is 0 Å². The van der Waals surface area contributed by atoms with Gasteiger partial charge in [0.2, 0.25) is 0 Å². The van der Waals surface area contributed by atoms with Gasteiger partial charge in [0, 0.05) is 24.0 Å². The summed E-state index contributed by atoms with van der Waals surface area (Å²) in [5.41, 5.74) is 2.29. The van der Waals surface area contributed by atoms with E-state index in [0.717, 1.165) is 23.0 Å². The first-order valence-electron chi connectivity index (χ1n) is 6.58. The fourth-order valence-corrected chi connectivity index (χ4v) is 3.07. The fraction of sp³-hybridized carbons (Fsp3) is 0.500. The Bertz CT molecular complexity index is 555. The molecule has 96 valence electrons. The Balaban J connectivity index is 1.89. The summed E-state index contributed by atoms with van der Waals surface area (Å²) in [6.45, 7) is 1.15. The SMILES string of the molecule is Cn1c(CC2CCCCN2)nc2cc(Br)ccc21. The Morgan fingerprint density at radius 1 is 1.44 bits per heavy atom. The number of halogens is 1. The van der Waals surface area contributed by atoms with Crippen LogP contribution in [0.2, 0.25) is 0 Å². The first-order chi connectivity index (χ1) is 8.74. The minimum atomic E-state index is 0.595. The van der Waals surface area contributed by atoms with Gasteiger partial charge >= 0.3 is 0 Å². The highest BCUT2D eigenvalue weighted by Crippen LogP contribution is 2.21. The van der Waals surface area contributed by atoms with Crippen LogP contribution in [0.5, 0.6) is 0 Å². The van der Waals surface area contributed by atoms with Crippen LogP contribution in [-0.2, 0) is 13.5 Å². The van der Waals surface area contributed by atoms with Crippen molar-refractivity contribution in [2.45, 2.75) is 31.7 Å². The number of fused-ring (bicyclic) bond motifs is 1. The van der Waals surface area contributed by atoms with Crippen LogP contribution in [0.15, 0.2) is 22.7 Å². The van der Waals surface area contributed by atoms with Crippen LogP contribution >= 0.6 is 15.9 Å². The van der Waals surface area contributed by atoms with E-state index < -0.39 is 0 Å². The van der Waals surface area contributed by atoms with E-state index in [0.29, 0.717) is 6.04 Å². The van der Waals surface area contributed by atoms with E-state index in [4.69, 9.17) is 4.98 Å². The van der Waals surface area contributed by atoms with Gasteiger partial charge in [0.15, 0.2) is 0 Å². The molecular weight excluding hydrogens is 290 g/mol. The summed E-state index contributed by atoms with van der Waals surface area (Å²) in [5.74, 6) is 1.18. The number of nitrogens with one attached hydrogen (secondary N) is 1. The number of benzene rings is 1. The molecular formula is C14H18BrN3. The highest BCUT2D eigenvalue weighted by atomic mass is 79.9. The van der Waals surface area contributed by atoms with Gasteiger partial charge in [0.1, 0.15) is 5.82 Å². The van der Waals surface area contributed by atoms with Crippen LogP contribution in [0.1, 0.15) is 25.1 Å². The summed E-state index contributed by atoms with van der Waals surface area (Å²) in [6, 6.07) is 6.89. The summed E-state index contributed by atoms with van der Waals surface area (Å²) in [7, 11) is 2.11. The zero-order chi connectivity index (χ0) is 12.5. The number of aromatic nitrogens is 2. The molecule has 1 saturated heterocycles. The van der Waals surface area contributed by atoms with E-state index in [1.165, 1.54) is 30.6 Å². The topological polar surface area (TPSA) is 29.9 Å². The lowest BCUT2D eigenvalue weighted by Gasteiger charge is -2.22. The van der Waals surface area contributed by atoms with Gasteiger partial charge < -0.3 is 9.88 Å². The second-order valence-corrected chi connectivity index (χ2v) is 5.99. The van der Waals surface area contributed by atoms with Gasteiger partial charge in [-0.25, -0.2) is 4.98 Å². The lowest BCUT2D eigenvalue weighted by Crippen LogP contribution is -2.36. The fourth-order valence-electron chi connectivity index (χ4n) is 2.72. The van der Waals surface area contributed by atoms with Gasteiger partial charge in [0.05, 0.1) is 11.0 Å². The summed E-state index contributed by atoms with van der Waals surface area (Å²) in [6.07, 6.45) is 4.95. The molecule has 1 fully saturated rings. The normalized spacial score (nSPS) is 20.4. The van der Waals surface area contributed by atoms with Crippen molar-refractivity contribution in [3.63, 3.8) is 0 Å². The van der Waals surface area contributed by atoms with Crippen molar-refractivity contribution in [1.82, 2.24) is 14.9 Å². The lowest BCUT2D eigenvalue weighted by atomic mass is 10.0. The third kappa shape index (κ3) is 2.31. The molecule has 0 bridgehead atoms. The number of hydrogen-bond donors (Lipinski definition) is 1. The smallest absolute Gasteiger partial charge is 0.111 e. The molecule has 0 radical (unpaired) electrons. The van der Waals surface area contributed by atoms with E-state index in [-0.39, 0.29) is 0 Å². The van der Waals surface area contributed by atoms with Crippen molar-refractivity contribution >= 4 is 27.0 Å². The Hall–Kier alpha value is -0.870. The second-order valence-electron chi connectivity index (χ2n) is 5.07. The first kappa shape index (κ1) is 12.2. The van der Waals surface area contributed by atoms with Crippen LogP contribution < -0.4 is 5.32 Å². The first-order valence-corrected chi connectivity index (χ1v) is 7.37. The molecule has 3 nitrogen and oxygen atoms in total. The van der Waals surface area contributed by atoms with Crippen LogP contribution in [0.3, 0.4) is 0 Å². The molecule has 0 spiro atoms. The average molecular weight is 308 g/mol. The van der Waals surface area contributed by atoms with Crippen molar-refractivity contribution in [1.29, 1.82) is 0 Å². The van der Waals surface area contributed by atoms with Crippen molar-refractivity contribution in [3.05, 3.63) is 28.5 Å². The average Bonchev–Trinajstić information content (AvgIpc) is 2.67. The van der Waals surface area contributed by atoms with Gasteiger partial charge in [0.25, 0.3) is 0 Å². The highest BCUT2D eigenvalue weighted by molar-refractivity contribution is 9.10. The van der Waals surface area contributed by atoms with E-state index in [9.17, 15) is 0 Å². The molecule has 3 rings (SSSR count). The van der Waals surface area contributed by atoms with Crippen LogP contribution in [0.25, 0.3) is 11.0 Å². The third-order valence-corrected chi connectivity index (χ3v) is 4.27. The molecule has 1 unspecified atom stereocenters. The standard InChI is InChI=1S/C14H18BrN3/c1-18-13-6-5-10(15)8-12(13)17-14(18)9-11-4-2-3-7-16-11/h5-6,8,11,16H,2-4,7,9H2,1H3. The second kappa shape index (κ2) is 5.02. The molecule has 2 aromatic rings. The molecule has 4 heteroatoms. The Labute approximate surface area is 116 Å². The molecule has 0 amide bonds. The minimum Gasteiger partial charge on any atom is -0.331 e. The third-order valence-electron chi connectivity index (χ3n) is 3.78. The maximum Gasteiger partial charge on any atom is 0.111 e. The van der Waals surface area contributed by atoms with E-state index >= 15 is 0 Å². The Kier molecular flexibility index (Phi) is 3.39. The Morgan fingerprint density at radius 2 is 2.33 bits per heavy atom. The van der Waals surface area contributed by atoms with Crippen molar-refractivity contribution in [2.75, 3.05) is 6.54 Å². The lowest BCUT2D eigenvalue weighted by molar-refractivity contribution is 0.392. The van der Waals surface area contributed by atoms with Gasteiger partial charge in [-0.05, 0) is 37.6 Å². The summed E-state index contributed by atoms with van der Waals surface area (Å²) < 4.78 is 3.31. The number of rotatable bonds is 2. The molecule has 1 aliphatic rings. The molecule has 2 heterocycles. The maximum absolute atomic E-state index is 4.76. The molecule has 1 N–H and O–H groups in total. The highest BCUT2D eigenvalue weighted by Gasteiger charge is 2.16. The van der Waals surface area contributed by atoms with Crippen molar-refractivity contribution in [2.24, 2.45) is 7.05 Å². The number of piperidine rings is 1. The van der Waals surface area contributed by atoms with Gasteiger partial charge in [-0.2, -0.15) is 0 Å². The molecule has 1 aromatic heterocycles. The van der Waals surface area contributed by atoms with Gasteiger partial charge in [-0.3, -0.25) is 0 Å². The van der Waals surface area contributed by atoms with E-state index in [1.807, 2.05) is 0 Å². The predicted octanol–water partition coefficient (Wildman–Crippen LogP) is 3.02. The van der Waals surface area contributed by atoms with Crippen LogP contribution in [0, 0.1) is 0 Å². The van der Waals surface area contributed by atoms with E-state index in [1.54, 1.807) is 0 Å². The van der Waals surface area contributed by atoms with E-state index in [2.05, 4.69) is 51.1 Å². The number of hydrogen-bond acceptors (Lipinski definition) is 2. The zero-order valence-corrected chi connectivity index (χ0v) is 12.2. The van der Waals surface area contributed by atoms with Crippen LogP contribution in [-0.4, -0.2) is 22.1 Å². The molecule has 0 aliphatic carbocycles. The maximum atomic E-state index is 4.76. The summed E-state index contributed by atoms with van der Waals surface area (Å²) in [4.78, 5) is 4.76. The minimum absolute atomic E-state index is 0.595. The molecule has 1 aromatic carbocycles. The summed E-state index contributed by atoms with van der Waals surface area (Å²) in [5, 5.41) is 3.59. The summed E-state index contributed by atoms with van der Waals surface area (Å²) >= 11 is 3.50. The molecule has 1 atom stereocenters.